The molecule has 1 amide bonds. The average Bonchev–Trinajstić information content (AvgIpc) is 2.78. The molecule has 0 spiro atoms. The number of ether oxygens (including phenoxy) is 1. The topological polar surface area (TPSA) is 81.7 Å². The van der Waals surface area contributed by atoms with Gasteiger partial charge in [-0.05, 0) is 67.8 Å². The molecular formula is C26H27NO5S. The summed E-state index contributed by atoms with van der Waals surface area (Å²) in [4.78, 5) is 12.4. The number of hydrogen-bond acceptors (Lipinski definition) is 5. The van der Waals surface area contributed by atoms with Crippen molar-refractivity contribution >= 4 is 22.1 Å². The normalized spacial score (nSPS) is 12.4. The Hall–Kier alpha value is -3.58. The SMILES string of the molecule is COc1cc(/C=C/C(=O)NC(C)c2ccccc2C)ccc1OS(=O)(=O)c1ccc(C)cc1. The third kappa shape index (κ3) is 6.23. The van der Waals surface area contributed by atoms with E-state index in [9.17, 15) is 13.2 Å². The van der Waals surface area contributed by atoms with Gasteiger partial charge in [-0.2, -0.15) is 8.42 Å². The van der Waals surface area contributed by atoms with Crippen molar-refractivity contribution in [2.45, 2.75) is 31.7 Å². The van der Waals surface area contributed by atoms with Crippen LogP contribution in [0.5, 0.6) is 11.5 Å². The molecule has 0 radical (unpaired) electrons. The molecule has 0 fully saturated rings. The summed E-state index contributed by atoms with van der Waals surface area (Å²) in [5, 5.41) is 2.94. The molecule has 6 nitrogen and oxygen atoms in total. The van der Waals surface area contributed by atoms with Crippen LogP contribution in [-0.4, -0.2) is 21.4 Å². The van der Waals surface area contributed by atoms with Gasteiger partial charge in [-0.25, -0.2) is 0 Å². The number of amides is 1. The summed E-state index contributed by atoms with van der Waals surface area (Å²) in [6, 6.07) is 18.9. The van der Waals surface area contributed by atoms with E-state index in [0.29, 0.717) is 5.56 Å². The average molecular weight is 466 g/mol. The minimum Gasteiger partial charge on any atom is -0.493 e. The van der Waals surface area contributed by atoms with E-state index in [0.717, 1.165) is 16.7 Å². The first-order chi connectivity index (χ1) is 15.7. The van der Waals surface area contributed by atoms with E-state index < -0.39 is 10.1 Å². The molecule has 1 atom stereocenters. The smallest absolute Gasteiger partial charge is 0.339 e. The highest BCUT2D eigenvalue weighted by Gasteiger charge is 2.19. The molecule has 3 rings (SSSR count). The first-order valence-corrected chi connectivity index (χ1v) is 11.8. The zero-order valence-electron chi connectivity index (χ0n) is 19.0. The monoisotopic (exact) mass is 465 g/mol. The molecule has 0 saturated heterocycles. The van der Waals surface area contributed by atoms with Gasteiger partial charge in [0.2, 0.25) is 5.91 Å². The molecule has 0 saturated carbocycles. The third-order valence-electron chi connectivity index (χ3n) is 5.14. The minimum absolute atomic E-state index is 0.0542. The number of hydrogen-bond donors (Lipinski definition) is 1. The van der Waals surface area contributed by atoms with Crippen LogP contribution in [0, 0.1) is 13.8 Å². The summed E-state index contributed by atoms with van der Waals surface area (Å²) < 4.78 is 35.8. The molecule has 0 aliphatic carbocycles. The molecule has 7 heteroatoms. The van der Waals surface area contributed by atoms with Crippen LogP contribution < -0.4 is 14.2 Å². The molecule has 0 aliphatic heterocycles. The number of benzene rings is 3. The number of carbonyl (C=O) groups excluding carboxylic acids is 1. The van der Waals surface area contributed by atoms with E-state index in [1.54, 1.807) is 30.3 Å². The first kappa shape index (κ1) is 24.1. The second-order valence-electron chi connectivity index (χ2n) is 7.68. The summed E-state index contributed by atoms with van der Waals surface area (Å²) in [6.45, 7) is 5.80. The second-order valence-corrected chi connectivity index (χ2v) is 9.23. The summed E-state index contributed by atoms with van der Waals surface area (Å²) in [5.41, 5.74) is 3.76. The lowest BCUT2D eigenvalue weighted by atomic mass is 10.0. The van der Waals surface area contributed by atoms with E-state index in [2.05, 4.69) is 5.32 Å². The lowest BCUT2D eigenvalue weighted by Gasteiger charge is -2.15. The summed E-state index contributed by atoms with van der Waals surface area (Å²) in [6.07, 6.45) is 3.05. The van der Waals surface area contributed by atoms with Crippen molar-refractivity contribution in [3.8, 4) is 11.5 Å². The van der Waals surface area contributed by atoms with Gasteiger partial charge < -0.3 is 14.2 Å². The van der Waals surface area contributed by atoms with Crippen molar-refractivity contribution in [3.05, 3.63) is 95.1 Å². The van der Waals surface area contributed by atoms with Crippen molar-refractivity contribution in [2.24, 2.45) is 0 Å². The Balaban J connectivity index is 1.71. The fourth-order valence-corrected chi connectivity index (χ4v) is 4.25. The Morgan fingerprint density at radius 2 is 1.67 bits per heavy atom. The molecule has 0 heterocycles. The van der Waals surface area contributed by atoms with E-state index in [4.69, 9.17) is 8.92 Å². The number of aryl methyl sites for hydroxylation is 2. The molecule has 1 N–H and O–H groups in total. The van der Waals surface area contributed by atoms with Crippen LogP contribution >= 0.6 is 0 Å². The minimum atomic E-state index is -4.01. The van der Waals surface area contributed by atoms with Crippen LogP contribution in [0.2, 0.25) is 0 Å². The van der Waals surface area contributed by atoms with Gasteiger partial charge in [0.05, 0.1) is 13.2 Å². The second kappa shape index (κ2) is 10.4. The number of methoxy groups -OCH3 is 1. The van der Waals surface area contributed by atoms with Crippen molar-refractivity contribution in [3.63, 3.8) is 0 Å². The Morgan fingerprint density at radius 1 is 0.970 bits per heavy atom. The van der Waals surface area contributed by atoms with Crippen LogP contribution in [-0.2, 0) is 14.9 Å². The third-order valence-corrected chi connectivity index (χ3v) is 6.39. The van der Waals surface area contributed by atoms with Crippen molar-refractivity contribution in [1.29, 1.82) is 0 Å². The van der Waals surface area contributed by atoms with Crippen molar-refractivity contribution in [1.82, 2.24) is 5.32 Å². The van der Waals surface area contributed by atoms with Crippen LogP contribution in [0.4, 0.5) is 0 Å². The summed E-state index contributed by atoms with van der Waals surface area (Å²) >= 11 is 0. The molecule has 3 aromatic carbocycles. The van der Waals surface area contributed by atoms with Gasteiger partial charge in [0.15, 0.2) is 11.5 Å². The number of nitrogens with one attached hydrogen (secondary N) is 1. The first-order valence-electron chi connectivity index (χ1n) is 10.4. The zero-order chi connectivity index (χ0) is 24.0. The molecule has 3 aromatic rings. The highest BCUT2D eigenvalue weighted by Crippen LogP contribution is 2.31. The van der Waals surface area contributed by atoms with Gasteiger partial charge in [0.1, 0.15) is 4.90 Å². The Kier molecular flexibility index (Phi) is 7.55. The van der Waals surface area contributed by atoms with Gasteiger partial charge in [0.25, 0.3) is 0 Å². The molecule has 0 aliphatic rings. The zero-order valence-corrected chi connectivity index (χ0v) is 19.8. The number of carbonyl (C=O) groups is 1. The van der Waals surface area contributed by atoms with E-state index in [1.165, 1.54) is 31.4 Å². The lowest BCUT2D eigenvalue weighted by Crippen LogP contribution is -2.25. The molecule has 33 heavy (non-hydrogen) atoms. The predicted molar refractivity (Wildman–Crippen MR) is 129 cm³/mol. The maximum absolute atomic E-state index is 12.6. The summed E-state index contributed by atoms with van der Waals surface area (Å²) in [7, 11) is -2.59. The fourth-order valence-electron chi connectivity index (χ4n) is 3.31. The number of rotatable bonds is 8. The summed E-state index contributed by atoms with van der Waals surface area (Å²) in [5.74, 6) is 0.0568. The molecular weight excluding hydrogens is 438 g/mol. The lowest BCUT2D eigenvalue weighted by molar-refractivity contribution is -0.117. The van der Waals surface area contributed by atoms with Gasteiger partial charge in [0, 0.05) is 6.08 Å². The van der Waals surface area contributed by atoms with Crippen LogP contribution in [0.15, 0.2) is 77.7 Å². The van der Waals surface area contributed by atoms with E-state index in [-0.39, 0.29) is 28.3 Å². The van der Waals surface area contributed by atoms with Gasteiger partial charge >= 0.3 is 10.1 Å². The Bertz CT molecular complexity index is 1260. The van der Waals surface area contributed by atoms with Gasteiger partial charge in [-0.15, -0.1) is 0 Å². The fraction of sp³-hybridized carbons (Fsp3) is 0.192. The Labute approximate surface area is 195 Å². The van der Waals surface area contributed by atoms with Gasteiger partial charge in [-0.3, -0.25) is 4.79 Å². The van der Waals surface area contributed by atoms with E-state index in [1.807, 2.05) is 45.0 Å². The van der Waals surface area contributed by atoms with Gasteiger partial charge in [-0.1, -0.05) is 48.0 Å². The van der Waals surface area contributed by atoms with Crippen molar-refractivity contribution in [2.75, 3.05) is 7.11 Å². The standard InChI is InChI=1S/C26H27NO5S/c1-18-9-13-22(14-10-18)33(29,30)32-24-15-11-21(17-25(24)31-4)12-16-26(28)27-20(3)23-8-6-5-7-19(23)2/h5-17,20H,1-4H3,(H,27,28)/b16-12+. The molecule has 0 bridgehead atoms. The Morgan fingerprint density at radius 3 is 2.33 bits per heavy atom. The van der Waals surface area contributed by atoms with Crippen LogP contribution in [0.3, 0.4) is 0 Å². The maximum Gasteiger partial charge on any atom is 0.339 e. The van der Waals surface area contributed by atoms with Crippen LogP contribution in [0.1, 0.15) is 35.2 Å². The molecule has 0 aromatic heterocycles. The predicted octanol–water partition coefficient (Wildman–Crippen LogP) is 4.97. The molecule has 172 valence electrons. The molecule has 1 unspecified atom stereocenters. The quantitative estimate of drug-likeness (QED) is 0.375. The van der Waals surface area contributed by atoms with E-state index >= 15 is 0 Å². The maximum atomic E-state index is 12.6. The highest BCUT2D eigenvalue weighted by atomic mass is 32.2. The van der Waals surface area contributed by atoms with Crippen LogP contribution in [0.25, 0.3) is 6.08 Å². The largest absolute Gasteiger partial charge is 0.493 e. The highest BCUT2D eigenvalue weighted by molar-refractivity contribution is 7.87. The van der Waals surface area contributed by atoms with Crippen molar-refractivity contribution < 1.29 is 22.1 Å².